The number of rotatable bonds is 3. The van der Waals surface area contributed by atoms with Gasteiger partial charge in [0.2, 0.25) is 6.43 Å². The highest BCUT2D eigenvalue weighted by molar-refractivity contribution is 14.1. The number of aromatic hydroxyl groups is 1. The van der Waals surface area contributed by atoms with E-state index in [0.29, 0.717) is 9.13 Å². The fourth-order valence-corrected chi connectivity index (χ4v) is 3.08. The second-order valence-electron chi connectivity index (χ2n) is 3.06. The molecule has 2 nitrogen and oxygen atoms in total. The van der Waals surface area contributed by atoms with Crippen molar-refractivity contribution in [2.45, 2.75) is 18.9 Å². The van der Waals surface area contributed by atoms with Gasteiger partial charge in [0.1, 0.15) is 5.75 Å². The van der Waals surface area contributed by atoms with E-state index in [-0.39, 0.29) is 18.2 Å². The molecule has 0 saturated carbocycles. The monoisotopic (exact) mass is 475 g/mol. The zero-order valence-corrected chi connectivity index (χ0v) is 13.1. The Morgan fingerprint density at radius 1 is 1.31 bits per heavy atom. The average Bonchev–Trinajstić information content (AvgIpc) is 2.09. The molecule has 0 saturated heterocycles. The minimum absolute atomic E-state index is 0. The van der Waals surface area contributed by atoms with Crippen molar-refractivity contribution in [2.24, 2.45) is 5.73 Å². The maximum atomic E-state index is 12.1. The molecule has 0 aliphatic carbocycles. The van der Waals surface area contributed by atoms with Gasteiger partial charge in [0.15, 0.2) is 0 Å². The normalized spacial score (nSPS) is 12.4. The Hall–Kier alpha value is 0.590. The minimum atomic E-state index is -2.46. The highest BCUT2D eigenvalue weighted by Crippen LogP contribution is 2.32. The maximum Gasteiger partial charge on any atom is 0.240 e. The van der Waals surface area contributed by atoms with Crippen LogP contribution in [0.1, 0.15) is 18.0 Å². The van der Waals surface area contributed by atoms with E-state index in [1.165, 1.54) is 0 Å². The van der Waals surface area contributed by atoms with Crippen LogP contribution in [0.4, 0.5) is 8.78 Å². The van der Waals surface area contributed by atoms with E-state index in [2.05, 4.69) is 22.6 Å². The molecule has 0 heterocycles. The molecule has 0 fully saturated rings. The molecule has 1 rings (SSSR count). The van der Waals surface area contributed by atoms with Gasteiger partial charge in [-0.05, 0) is 57.3 Å². The Kier molecular flexibility index (Phi) is 7.38. The van der Waals surface area contributed by atoms with Gasteiger partial charge >= 0.3 is 0 Å². The Bertz CT molecular complexity index is 366. The second kappa shape index (κ2) is 7.12. The van der Waals surface area contributed by atoms with Crippen LogP contribution in [0.5, 0.6) is 5.75 Å². The van der Waals surface area contributed by atoms with Crippen molar-refractivity contribution in [3.05, 3.63) is 24.8 Å². The fraction of sp³-hybridized carbons (Fsp3) is 0.333. The molecule has 0 bridgehead atoms. The zero-order chi connectivity index (χ0) is 11.6. The highest BCUT2D eigenvalue weighted by Gasteiger charge is 2.18. The largest absolute Gasteiger partial charge is 0.506 e. The van der Waals surface area contributed by atoms with Crippen molar-refractivity contribution >= 4 is 57.6 Å². The Labute approximate surface area is 126 Å². The first kappa shape index (κ1) is 16.6. The topological polar surface area (TPSA) is 46.2 Å². The third kappa shape index (κ3) is 4.46. The van der Waals surface area contributed by atoms with Crippen molar-refractivity contribution < 1.29 is 13.9 Å². The second-order valence-corrected chi connectivity index (χ2v) is 5.47. The fourth-order valence-electron chi connectivity index (χ4n) is 1.19. The molecule has 1 aromatic rings. The number of alkyl halides is 2. The van der Waals surface area contributed by atoms with Crippen molar-refractivity contribution in [2.75, 3.05) is 0 Å². The van der Waals surface area contributed by atoms with Crippen LogP contribution in [0.3, 0.4) is 0 Å². The standard InChI is InChI=1S/C9H9F2I2NO.ClH/c10-8(11)3-7(14)5-1-4(12)2-6(13)9(5)15;/h1-2,7-8,15H,3,14H2;1H/t7-;/m1./s1. The van der Waals surface area contributed by atoms with Crippen LogP contribution in [0.2, 0.25) is 0 Å². The summed E-state index contributed by atoms with van der Waals surface area (Å²) in [6.45, 7) is 0. The first-order valence-electron chi connectivity index (χ1n) is 4.13. The van der Waals surface area contributed by atoms with Crippen molar-refractivity contribution in [1.82, 2.24) is 0 Å². The number of hydrogen-bond donors (Lipinski definition) is 2. The van der Waals surface area contributed by atoms with Gasteiger partial charge in [0, 0.05) is 21.6 Å². The third-order valence-electron chi connectivity index (χ3n) is 1.89. The van der Waals surface area contributed by atoms with Crippen LogP contribution in [0.15, 0.2) is 12.1 Å². The molecule has 0 radical (unpaired) electrons. The van der Waals surface area contributed by atoms with Gasteiger partial charge in [-0.3, -0.25) is 0 Å². The summed E-state index contributed by atoms with van der Waals surface area (Å²) in [6.07, 6.45) is -2.90. The molecule has 0 amide bonds. The van der Waals surface area contributed by atoms with E-state index in [0.717, 1.165) is 3.57 Å². The molecule has 3 N–H and O–H groups in total. The molecule has 7 heteroatoms. The molecular weight excluding hydrogens is 465 g/mol. The summed E-state index contributed by atoms with van der Waals surface area (Å²) in [5, 5.41) is 9.67. The first-order chi connectivity index (χ1) is 6.91. The molecule has 92 valence electrons. The minimum Gasteiger partial charge on any atom is -0.506 e. The molecule has 16 heavy (non-hydrogen) atoms. The summed E-state index contributed by atoms with van der Waals surface area (Å²) in [5.41, 5.74) is 5.97. The summed E-state index contributed by atoms with van der Waals surface area (Å²) in [5.74, 6) is 0.00386. The smallest absolute Gasteiger partial charge is 0.240 e. The summed E-state index contributed by atoms with van der Waals surface area (Å²) in [6, 6.07) is 2.56. The lowest BCUT2D eigenvalue weighted by molar-refractivity contribution is 0.128. The Morgan fingerprint density at radius 3 is 2.38 bits per heavy atom. The maximum absolute atomic E-state index is 12.1. The van der Waals surface area contributed by atoms with Crippen LogP contribution in [-0.2, 0) is 0 Å². The van der Waals surface area contributed by atoms with E-state index < -0.39 is 18.9 Å². The number of halogens is 5. The summed E-state index contributed by atoms with van der Waals surface area (Å²) >= 11 is 4.00. The van der Waals surface area contributed by atoms with Gasteiger partial charge in [0.25, 0.3) is 0 Å². The van der Waals surface area contributed by atoms with E-state index in [1.807, 2.05) is 22.6 Å². The quantitative estimate of drug-likeness (QED) is 0.656. The molecule has 0 unspecified atom stereocenters. The van der Waals surface area contributed by atoms with Crippen LogP contribution in [0, 0.1) is 7.14 Å². The molecule has 0 aromatic heterocycles. The van der Waals surface area contributed by atoms with E-state index in [1.54, 1.807) is 12.1 Å². The highest BCUT2D eigenvalue weighted by atomic mass is 127. The van der Waals surface area contributed by atoms with Gasteiger partial charge in [-0.2, -0.15) is 0 Å². The van der Waals surface area contributed by atoms with Crippen molar-refractivity contribution in [3.8, 4) is 5.75 Å². The number of phenolic OH excluding ortho intramolecular Hbond substituents is 1. The number of nitrogens with two attached hydrogens (primary N) is 1. The van der Waals surface area contributed by atoms with Gasteiger partial charge in [0.05, 0.1) is 3.57 Å². The Balaban J connectivity index is 0.00000225. The third-order valence-corrected chi connectivity index (χ3v) is 3.33. The SMILES string of the molecule is Cl.N[C@H](CC(F)F)c1cc(I)cc(I)c1O. The predicted molar refractivity (Wildman–Crippen MR) is 78.3 cm³/mol. The molecule has 1 aromatic carbocycles. The lowest BCUT2D eigenvalue weighted by atomic mass is 10.0. The summed E-state index contributed by atoms with van der Waals surface area (Å²) < 4.78 is 25.8. The predicted octanol–water partition coefficient (Wildman–Crippen LogP) is 3.68. The van der Waals surface area contributed by atoms with E-state index in [9.17, 15) is 13.9 Å². The lowest BCUT2D eigenvalue weighted by Crippen LogP contribution is -2.14. The number of benzene rings is 1. The van der Waals surface area contributed by atoms with Crippen LogP contribution in [0.25, 0.3) is 0 Å². The van der Waals surface area contributed by atoms with Crippen molar-refractivity contribution in [3.63, 3.8) is 0 Å². The molecule has 0 aliphatic rings. The van der Waals surface area contributed by atoms with Gasteiger partial charge in [-0.1, -0.05) is 0 Å². The first-order valence-corrected chi connectivity index (χ1v) is 6.29. The average molecular weight is 475 g/mol. The van der Waals surface area contributed by atoms with Crippen LogP contribution < -0.4 is 5.73 Å². The Morgan fingerprint density at radius 2 is 1.88 bits per heavy atom. The van der Waals surface area contributed by atoms with Gasteiger partial charge < -0.3 is 10.8 Å². The molecule has 0 aliphatic heterocycles. The number of phenols is 1. The van der Waals surface area contributed by atoms with E-state index in [4.69, 9.17) is 5.73 Å². The summed E-state index contributed by atoms with van der Waals surface area (Å²) in [4.78, 5) is 0. The lowest BCUT2D eigenvalue weighted by Gasteiger charge is -2.14. The molecular formula is C9H10ClF2I2NO. The zero-order valence-electron chi connectivity index (χ0n) is 7.96. The number of hydrogen-bond acceptors (Lipinski definition) is 2. The van der Waals surface area contributed by atoms with Crippen LogP contribution in [-0.4, -0.2) is 11.5 Å². The van der Waals surface area contributed by atoms with E-state index >= 15 is 0 Å². The molecule has 1 atom stereocenters. The van der Waals surface area contributed by atoms with Crippen molar-refractivity contribution in [1.29, 1.82) is 0 Å². The van der Waals surface area contributed by atoms with Gasteiger partial charge in [-0.15, -0.1) is 12.4 Å². The molecule has 0 spiro atoms. The summed E-state index contributed by atoms with van der Waals surface area (Å²) in [7, 11) is 0. The van der Waals surface area contributed by atoms with Gasteiger partial charge in [-0.25, -0.2) is 8.78 Å². The van der Waals surface area contributed by atoms with Crippen LogP contribution >= 0.6 is 57.6 Å².